The summed E-state index contributed by atoms with van der Waals surface area (Å²) in [7, 11) is 0. The molecule has 1 heterocycles. The molecule has 0 N–H and O–H groups in total. The van der Waals surface area contributed by atoms with E-state index in [1.54, 1.807) is 0 Å². The fourth-order valence-corrected chi connectivity index (χ4v) is 1.85. The summed E-state index contributed by atoms with van der Waals surface area (Å²) < 4.78 is 147. The minimum Gasteiger partial charge on any atom is -0.243 e. The number of hydrogen-bond donors (Lipinski definition) is 0. The Kier molecular flexibility index (Phi) is 4.42. The summed E-state index contributed by atoms with van der Waals surface area (Å²) in [6.45, 7) is 0.131. The Morgan fingerprint density at radius 2 is 1.39 bits per heavy atom. The molecule has 0 bridgehead atoms. The third-order valence-electron chi connectivity index (χ3n) is 3.40. The molecule has 0 amide bonds. The smallest absolute Gasteiger partial charge is 0.243 e. The van der Waals surface area contributed by atoms with Crippen molar-refractivity contribution in [2.75, 3.05) is 0 Å². The van der Waals surface area contributed by atoms with E-state index >= 15 is 0 Å². The van der Waals surface area contributed by atoms with Gasteiger partial charge in [0.2, 0.25) is 17.6 Å². The molecular formula is C11H10F11N. The Morgan fingerprint density at radius 1 is 0.957 bits per heavy atom. The van der Waals surface area contributed by atoms with Gasteiger partial charge < -0.3 is 0 Å². The standard InChI is InChI=1S/C11H10F11N/c1-3-8(15,16)5(12)6(13)23-7(2,14)9(17,18)4-10(19,20)11(23,21)22/h3-4H2,1-2H3/b6-5-. The first-order valence-electron chi connectivity index (χ1n) is 6.02. The zero-order valence-corrected chi connectivity index (χ0v) is 11.5. The molecular weight excluding hydrogens is 355 g/mol. The molecule has 0 aromatic heterocycles. The monoisotopic (exact) mass is 365 g/mol. The topological polar surface area (TPSA) is 3.24 Å². The molecule has 23 heavy (non-hydrogen) atoms. The lowest BCUT2D eigenvalue weighted by atomic mass is 9.92. The molecule has 0 saturated carbocycles. The summed E-state index contributed by atoms with van der Waals surface area (Å²) in [6.07, 6.45) is -4.53. The number of nitrogens with zero attached hydrogens (tertiary/aromatic N) is 1. The van der Waals surface area contributed by atoms with Crippen LogP contribution in [0, 0.1) is 0 Å². The fraction of sp³-hybridized carbons (Fsp3) is 0.818. The molecule has 1 rings (SSSR count). The highest BCUT2D eigenvalue weighted by molar-refractivity contribution is 5.17. The first-order valence-corrected chi connectivity index (χ1v) is 6.02. The normalized spacial score (nSPS) is 30.9. The lowest BCUT2D eigenvalue weighted by Crippen LogP contribution is -2.72. The summed E-state index contributed by atoms with van der Waals surface area (Å²) in [5, 5.41) is 0. The number of alkyl halides is 9. The molecule has 1 aliphatic rings. The van der Waals surface area contributed by atoms with Gasteiger partial charge in [0.25, 0.3) is 0 Å². The van der Waals surface area contributed by atoms with Crippen LogP contribution in [-0.4, -0.2) is 34.5 Å². The van der Waals surface area contributed by atoms with Gasteiger partial charge in [-0.1, -0.05) is 6.92 Å². The van der Waals surface area contributed by atoms with Gasteiger partial charge in [-0.25, -0.2) is 22.5 Å². The zero-order chi connectivity index (χ0) is 18.6. The van der Waals surface area contributed by atoms with Gasteiger partial charge in [-0.05, 0) is 6.92 Å². The lowest BCUT2D eigenvalue weighted by Gasteiger charge is -2.50. The molecule has 0 aliphatic carbocycles. The average Bonchev–Trinajstić information content (AvgIpc) is 2.34. The Balaban J connectivity index is 3.65. The molecule has 1 saturated heterocycles. The van der Waals surface area contributed by atoms with E-state index in [2.05, 4.69) is 0 Å². The minimum atomic E-state index is -6.01. The molecule has 0 radical (unpaired) electrons. The molecule has 1 fully saturated rings. The second-order valence-electron chi connectivity index (χ2n) is 5.08. The van der Waals surface area contributed by atoms with Crippen molar-refractivity contribution in [1.29, 1.82) is 0 Å². The highest BCUT2D eigenvalue weighted by Gasteiger charge is 2.79. The molecule has 1 nitrogen and oxygen atoms in total. The summed E-state index contributed by atoms with van der Waals surface area (Å²) in [5.74, 6) is -27.5. The molecule has 136 valence electrons. The maximum Gasteiger partial charge on any atom is 0.393 e. The molecule has 1 aliphatic heterocycles. The predicted molar refractivity (Wildman–Crippen MR) is 55.3 cm³/mol. The van der Waals surface area contributed by atoms with Gasteiger partial charge in [0.1, 0.15) is 0 Å². The van der Waals surface area contributed by atoms with Crippen molar-refractivity contribution in [2.24, 2.45) is 0 Å². The quantitative estimate of drug-likeness (QED) is 0.479. The van der Waals surface area contributed by atoms with Gasteiger partial charge in [-0.3, -0.25) is 0 Å². The Bertz CT molecular complexity index is 482. The third kappa shape index (κ3) is 2.73. The van der Waals surface area contributed by atoms with Crippen LogP contribution in [0.15, 0.2) is 11.8 Å². The van der Waals surface area contributed by atoms with E-state index in [1.807, 2.05) is 0 Å². The van der Waals surface area contributed by atoms with Crippen molar-refractivity contribution in [2.45, 2.75) is 56.3 Å². The van der Waals surface area contributed by atoms with Gasteiger partial charge >= 0.3 is 23.8 Å². The van der Waals surface area contributed by atoms with Crippen molar-refractivity contribution >= 4 is 0 Å². The van der Waals surface area contributed by atoms with Crippen LogP contribution < -0.4 is 0 Å². The molecule has 1 atom stereocenters. The molecule has 0 spiro atoms. The Morgan fingerprint density at radius 3 is 1.78 bits per heavy atom. The van der Waals surface area contributed by atoms with Crippen molar-refractivity contribution in [3.05, 3.63) is 11.8 Å². The number of rotatable bonds is 3. The predicted octanol–water partition coefficient (Wildman–Crippen LogP) is 5.39. The number of allylic oxidation sites excluding steroid dienone is 1. The summed E-state index contributed by atoms with van der Waals surface area (Å²) in [4.78, 5) is -2.26. The van der Waals surface area contributed by atoms with Crippen LogP contribution in [0.4, 0.5) is 48.3 Å². The van der Waals surface area contributed by atoms with E-state index in [0.717, 1.165) is 0 Å². The number of halogens is 11. The third-order valence-corrected chi connectivity index (χ3v) is 3.40. The van der Waals surface area contributed by atoms with Crippen LogP contribution in [0.25, 0.3) is 0 Å². The van der Waals surface area contributed by atoms with Gasteiger partial charge in [-0.15, -0.1) is 0 Å². The Hall–Kier alpha value is -1.23. The molecule has 0 aromatic carbocycles. The van der Waals surface area contributed by atoms with Gasteiger partial charge in [0.05, 0.1) is 6.42 Å². The summed E-state index contributed by atoms with van der Waals surface area (Å²) >= 11 is 0. The fourth-order valence-electron chi connectivity index (χ4n) is 1.85. The van der Waals surface area contributed by atoms with Crippen LogP contribution in [0.3, 0.4) is 0 Å². The molecule has 1 unspecified atom stereocenters. The van der Waals surface area contributed by atoms with E-state index in [-0.39, 0.29) is 0 Å². The maximum absolute atomic E-state index is 13.9. The van der Waals surface area contributed by atoms with E-state index in [1.165, 1.54) is 0 Å². The highest BCUT2D eigenvalue weighted by atomic mass is 19.3. The minimum absolute atomic E-state index is 0.437. The highest BCUT2D eigenvalue weighted by Crippen LogP contribution is 2.58. The van der Waals surface area contributed by atoms with Crippen LogP contribution >= 0.6 is 0 Å². The number of piperidine rings is 1. The number of likely N-dealkylation sites (tertiary alicyclic amines) is 1. The molecule has 12 heteroatoms. The van der Waals surface area contributed by atoms with Crippen molar-refractivity contribution in [3.63, 3.8) is 0 Å². The van der Waals surface area contributed by atoms with Crippen LogP contribution in [0.2, 0.25) is 0 Å². The van der Waals surface area contributed by atoms with E-state index < -0.39 is 66.0 Å². The van der Waals surface area contributed by atoms with Gasteiger partial charge in [0, 0.05) is 6.42 Å². The average molecular weight is 365 g/mol. The lowest BCUT2D eigenvalue weighted by molar-refractivity contribution is -0.398. The summed E-state index contributed by atoms with van der Waals surface area (Å²) in [6, 6.07) is -6.01. The largest absolute Gasteiger partial charge is 0.393 e. The van der Waals surface area contributed by atoms with Crippen molar-refractivity contribution in [3.8, 4) is 0 Å². The van der Waals surface area contributed by atoms with Crippen LogP contribution in [0.5, 0.6) is 0 Å². The van der Waals surface area contributed by atoms with E-state index in [0.29, 0.717) is 6.92 Å². The van der Waals surface area contributed by atoms with Crippen molar-refractivity contribution < 1.29 is 48.3 Å². The van der Waals surface area contributed by atoms with Gasteiger partial charge in [0.15, 0.2) is 0 Å². The van der Waals surface area contributed by atoms with E-state index in [9.17, 15) is 48.3 Å². The second-order valence-corrected chi connectivity index (χ2v) is 5.08. The van der Waals surface area contributed by atoms with Crippen LogP contribution in [0.1, 0.15) is 26.7 Å². The van der Waals surface area contributed by atoms with Crippen LogP contribution in [-0.2, 0) is 0 Å². The van der Waals surface area contributed by atoms with Gasteiger partial charge in [-0.2, -0.15) is 30.7 Å². The second kappa shape index (κ2) is 5.13. The Labute approximate surface area is 122 Å². The van der Waals surface area contributed by atoms with E-state index in [4.69, 9.17) is 0 Å². The first-order chi connectivity index (χ1) is 9.96. The van der Waals surface area contributed by atoms with Crippen molar-refractivity contribution in [1.82, 2.24) is 4.90 Å². The SMILES string of the molecule is CCC(F)(F)/C(F)=C(\F)N1C(C)(F)C(F)(F)CC(F)(F)C1(F)F. The maximum atomic E-state index is 13.9. The number of hydrogen-bond acceptors (Lipinski definition) is 1. The summed E-state index contributed by atoms with van der Waals surface area (Å²) in [5.41, 5.74) is 0. The zero-order valence-electron chi connectivity index (χ0n) is 11.5. The molecule has 0 aromatic rings. The first kappa shape index (κ1) is 19.8.